The molecule has 2 rings (SSSR count). The molecule has 0 amide bonds. The molecule has 1 aromatic rings. The van der Waals surface area contributed by atoms with Gasteiger partial charge in [-0.1, -0.05) is 15.9 Å². The highest BCUT2D eigenvalue weighted by atomic mass is 79.9. The van der Waals surface area contributed by atoms with Crippen LogP contribution in [-0.2, 0) is 10.0 Å². The lowest BCUT2D eigenvalue weighted by Crippen LogP contribution is -2.45. The van der Waals surface area contributed by atoms with E-state index in [1.54, 1.807) is 18.2 Å². The zero-order valence-corrected chi connectivity index (χ0v) is 14.8. The van der Waals surface area contributed by atoms with Crippen molar-refractivity contribution in [1.82, 2.24) is 10.0 Å². The molecule has 0 saturated carbocycles. The minimum atomic E-state index is -3.48. The lowest BCUT2D eigenvalue weighted by Gasteiger charge is -2.23. The molecule has 1 saturated heterocycles. The second-order valence-corrected chi connectivity index (χ2v) is 7.69. The van der Waals surface area contributed by atoms with E-state index in [2.05, 4.69) is 41.9 Å². The Kier molecular flexibility index (Phi) is 6.75. The Labute approximate surface area is 136 Å². The molecule has 8 heteroatoms. The molecule has 0 radical (unpaired) electrons. The van der Waals surface area contributed by atoms with Crippen LogP contribution in [0.4, 0.5) is 0 Å². The minimum Gasteiger partial charge on any atom is -0.315 e. The number of hydrogen-bond donors (Lipinski definition) is 2. The van der Waals surface area contributed by atoms with Gasteiger partial charge in [-0.05, 0) is 53.5 Å². The molecule has 19 heavy (non-hydrogen) atoms. The van der Waals surface area contributed by atoms with Crippen molar-refractivity contribution < 1.29 is 8.42 Å². The van der Waals surface area contributed by atoms with Crippen LogP contribution in [0.1, 0.15) is 12.8 Å². The summed E-state index contributed by atoms with van der Waals surface area (Å²) in [7, 11) is -3.48. The number of halogens is 3. The molecule has 1 heterocycles. The van der Waals surface area contributed by atoms with Gasteiger partial charge in [0.15, 0.2) is 0 Å². The Balaban J connectivity index is 0.00000180. The average molecular weight is 435 g/mol. The monoisotopic (exact) mass is 432 g/mol. The summed E-state index contributed by atoms with van der Waals surface area (Å²) in [5.41, 5.74) is 0. The molecule has 108 valence electrons. The normalized spacial score (nSPS) is 19.8. The zero-order valence-electron chi connectivity index (χ0n) is 10.0. The first-order valence-corrected chi connectivity index (χ1v) is 8.74. The van der Waals surface area contributed by atoms with Crippen molar-refractivity contribution in [3.8, 4) is 0 Å². The van der Waals surface area contributed by atoms with Crippen LogP contribution in [0.2, 0.25) is 0 Å². The van der Waals surface area contributed by atoms with Crippen LogP contribution in [0.15, 0.2) is 32.0 Å². The minimum absolute atomic E-state index is 0. The highest BCUT2D eigenvalue weighted by Crippen LogP contribution is 2.26. The predicted octanol–water partition coefficient (Wildman–Crippen LogP) is 2.66. The van der Waals surface area contributed by atoms with Crippen molar-refractivity contribution >= 4 is 54.3 Å². The molecule has 4 nitrogen and oxygen atoms in total. The van der Waals surface area contributed by atoms with Gasteiger partial charge in [0.1, 0.15) is 0 Å². The smallest absolute Gasteiger partial charge is 0.242 e. The van der Waals surface area contributed by atoms with Crippen LogP contribution < -0.4 is 10.0 Å². The second-order valence-electron chi connectivity index (χ2n) is 4.24. The third-order valence-corrected chi connectivity index (χ3v) is 5.81. The average Bonchev–Trinajstić information content (AvgIpc) is 2.33. The lowest BCUT2D eigenvalue weighted by atomic mass is 10.1. The van der Waals surface area contributed by atoms with Gasteiger partial charge in [0, 0.05) is 21.5 Å². The van der Waals surface area contributed by atoms with Crippen LogP contribution in [0.5, 0.6) is 0 Å². The fourth-order valence-corrected chi connectivity index (χ4v) is 4.69. The Morgan fingerprint density at radius 3 is 2.68 bits per heavy atom. The Morgan fingerprint density at radius 2 is 2.05 bits per heavy atom. The molecule has 1 atom stereocenters. The van der Waals surface area contributed by atoms with E-state index in [-0.39, 0.29) is 23.3 Å². The SMILES string of the molecule is Cl.O=S(=O)(N[C@@H]1CCCNC1)c1cc(Br)ccc1Br. The van der Waals surface area contributed by atoms with E-state index >= 15 is 0 Å². The van der Waals surface area contributed by atoms with E-state index in [4.69, 9.17) is 0 Å². The summed E-state index contributed by atoms with van der Waals surface area (Å²) < 4.78 is 28.6. The Hall–Kier alpha value is 0.340. The second kappa shape index (κ2) is 7.38. The van der Waals surface area contributed by atoms with Crippen molar-refractivity contribution in [2.24, 2.45) is 0 Å². The third-order valence-electron chi connectivity index (χ3n) is 2.80. The van der Waals surface area contributed by atoms with Crippen LogP contribution in [0, 0.1) is 0 Å². The predicted molar refractivity (Wildman–Crippen MR) is 85.3 cm³/mol. The molecule has 1 aliphatic heterocycles. The standard InChI is InChI=1S/C11H14Br2N2O2S.ClH/c12-8-3-4-10(13)11(6-8)18(16,17)15-9-2-1-5-14-7-9;/h3-4,6,9,14-15H,1-2,5,7H2;1H/t9-;/m1./s1. The summed E-state index contributed by atoms with van der Waals surface area (Å²) in [5, 5.41) is 3.19. The summed E-state index contributed by atoms with van der Waals surface area (Å²) in [6.07, 6.45) is 1.87. The van der Waals surface area contributed by atoms with E-state index in [9.17, 15) is 8.42 Å². The maximum absolute atomic E-state index is 12.3. The van der Waals surface area contributed by atoms with Gasteiger partial charge in [-0.2, -0.15) is 0 Å². The van der Waals surface area contributed by atoms with Gasteiger partial charge in [0.2, 0.25) is 10.0 Å². The van der Waals surface area contributed by atoms with Gasteiger partial charge in [-0.15, -0.1) is 12.4 Å². The number of piperidine rings is 1. The largest absolute Gasteiger partial charge is 0.315 e. The van der Waals surface area contributed by atoms with Gasteiger partial charge in [0.25, 0.3) is 0 Å². The Bertz CT molecular complexity index is 533. The van der Waals surface area contributed by atoms with E-state index in [0.29, 0.717) is 11.0 Å². The topological polar surface area (TPSA) is 58.2 Å². The first-order chi connectivity index (χ1) is 8.49. The number of nitrogens with one attached hydrogen (secondary N) is 2. The molecule has 0 bridgehead atoms. The van der Waals surface area contributed by atoms with Gasteiger partial charge < -0.3 is 5.32 Å². The zero-order chi connectivity index (χ0) is 13.2. The van der Waals surface area contributed by atoms with Crippen molar-refractivity contribution in [3.05, 3.63) is 27.1 Å². The fourth-order valence-electron chi connectivity index (χ4n) is 1.92. The molecular formula is C11H15Br2ClN2O2S. The number of sulfonamides is 1. The molecule has 2 N–H and O–H groups in total. The summed E-state index contributed by atoms with van der Waals surface area (Å²) in [5.74, 6) is 0. The molecule has 1 fully saturated rings. The number of benzene rings is 1. The van der Waals surface area contributed by atoms with Crippen LogP contribution in [-0.4, -0.2) is 27.5 Å². The van der Waals surface area contributed by atoms with E-state index < -0.39 is 10.0 Å². The number of rotatable bonds is 3. The fraction of sp³-hybridized carbons (Fsp3) is 0.455. The van der Waals surface area contributed by atoms with Gasteiger partial charge >= 0.3 is 0 Å². The first-order valence-electron chi connectivity index (χ1n) is 5.67. The summed E-state index contributed by atoms with van der Waals surface area (Å²) >= 11 is 6.56. The highest BCUT2D eigenvalue weighted by Gasteiger charge is 2.23. The van der Waals surface area contributed by atoms with Gasteiger partial charge in [-0.25, -0.2) is 13.1 Å². The molecule has 1 aromatic carbocycles. The summed E-state index contributed by atoms with van der Waals surface area (Å²) in [4.78, 5) is 0.266. The maximum Gasteiger partial charge on any atom is 0.242 e. The highest BCUT2D eigenvalue weighted by molar-refractivity contribution is 9.11. The number of hydrogen-bond acceptors (Lipinski definition) is 3. The lowest BCUT2D eigenvalue weighted by molar-refractivity contribution is 0.428. The molecule has 0 aliphatic carbocycles. The molecular weight excluding hydrogens is 419 g/mol. The van der Waals surface area contributed by atoms with Crippen LogP contribution >= 0.6 is 44.3 Å². The van der Waals surface area contributed by atoms with Crippen molar-refractivity contribution in [1.29, 1.82) is 0 Å². The van der Waals surface area contributed by atoms with Crippen molar-refractivity contribution in [3.63, 3.8) is 0 Å². The summed E-state index contributed by atoms with van der Waals surface area (Å²) in [6, 6.07) is 5.08. The van der Waals surface area contributed by atoms with Gasteiger partial charge in [0.05, 0.1) is 4.90 Å². The first kappa shape index (κ1) is 17.4. The molecule has 0 unspecified atom stereocenters. The third kappa shape index (κ3) is 4.68. The summed E-state index contributed by atoms with van der Waals surface area (Å²) in [6.45, 7) is 1.64. The molecule has 0 spiro atoms. The van der Waals surface area contributed by atoms with Crippen molar-refractivity contribution in [2.45, 2.75) is 23.8 Å². The van der Waals surface area contributed by atoms with E-state index in [1.165, 1.54) is 0 Å². The van der Waals surface area contributed by atoms with Crippen LogP contribution in [0.3, 0.4) is 0 Å². The van der Waals surface area contributed by atoms with Crippen LogP contribution in [0.25, 0.3) is 0 Å². The van der Waals surface area contributed by atoms with Crippen molar-refractivity contribution in [2.75, 3.05) is 13.1 Å². The van der Waals surface area contributed by atoms with Gasteiger partial charge in [-0.3, -0.25) is 0 Å². The maximum atomic E-state index is 12.3. The molecule has 0 aromatic heterocycles. The Morgan fingerprint density at radius 1 is 1.32 bits per heavy atom. The quantitative estimate of drug-likeness (QED) is 0.769. The van der Waals surface area contributed by atoms with E-state index in [1.807, 2.05) is 0 Å². The van der Waals surface area contributed by atoms with E-state index in [0.717, 1.165) is 23.9 Å². The molecule has 1 aliphatic rings.